The zero-order valence-corrected chi connectivity index (χ0v) is 15.5. The van der Waals surface area contributed by atoms with E-state index in [0.29, 0.717) is 17.9 Å². The van der Waals surface area contributed by atoms with Crippen LogP contribution in [0.4, 0.5) is 11.4 Å². The summed E-state index contributed by atoms with van der Waals surface area (Å²) in [6, 6.07) is 10.4. The van der Waals surface area contributed by atoms with E-state index in [2.05, 4.69) is 20.8 Å². The number of aryl methyl sites for hydroxylation is 2. The number of rotatable bonds is 6. The number of para-hydroxylation sites is 1. The first-order chi connectivity index (χ1) is 13.0. The minimum Gasteiger partial charge on any atom is -0.321 e. The Morgan fingerprint density at radius 1 is 1.11 bits per heavy atom. The van der Waals surface area contributed by atoms with Crippen LogP contribution in [0.5, 0.6) is 0 Å². The van der Waals surface area contributed by atoms with Crippen LogP contribution in [0.3, 0.4) is 0 Å². The topological polar surface area (TPSA) is 93.8 Å². The first kappa shape index (κ1) is 18.4. The van der Waals surface area contributed by atoms with Gasteiger partial charge in [-0.2, -0.15) is 10.2 Å². The lowest BCUT2D eigenvalue weighted by atomic mass is 10.2. The molecule has 0 saturated heterocycles. The third-order valence-corrected chi connectivity index (χ3v) is 4.11. The molecular formula is C19H22N6O2. The Labute approximate surface area is 157 Å². The van der Waals surface area contributed by atoms with E-state index in [0.717, 1.165) is 5.69 Å². The molecule has 8 nitrogen and oxygen atoms in total. The predicted molar refractivity (Wildman–Crippen MR) is 103 cm³/mol. The van der Waals surface area contributed by atoms with Crippen LogP contribution in [0.1, 0.15) is 36.1 Å². The van der Waals surface area contributed by atoms with E-state index < -0.39 is 6.04 Å². The van der Waals surface area contributed by atoms with Crippen molar-refractivity contribution in [1.82, 2.24) is 19.6 Å². The maximum atomic E-state index is 12.6. The molecule has 3 rings (SSSR count). The number of hydrogen-bond acceptors (Lipinski definition) is 4. The van der Waals surface area contributed by atoms with Crippen molar-refractivity contribution in [1.29, 1.82) is 0 Å². The summed E-state index contributed by atoms with van der Waals surface area (Å²) in [6.45, 7) is 6.09. The molecule has 1 atom stereocenters. The molecule has 2 heterocycles. The second-order valence-corrected chi connectivity index (χ2v) is 6.17. The summed E-state index contributed by atoms with van der Waals surface area (Å²) in [5, 5.41) is 14.1. The van der Waals surface area contributed by atoms with Gasteiger partial charge in [-0.05, 0) is 39.0 Å². The Balaban J connectivity index is 1.79. The number of nitrogens with one attached hydrogen (secondary N) is 2. The van der Waals surface area contributed by atoms with E-state index in [9.17, 15) is 9.59 Å². The highest BCUT2D eigenvalue weighted by molar-refractivity contribution is 6.09. The van der Waals surface area contributed by atoms with Crippen molar-refractivity contribution in [2.24, 2.45) is 0 Å². The van der Waals surface area contributed by atoms with Crippen molar-refractivity contribution in [2.45, 2.75) is 33.4 Å². The van der Waals surface area contributed by atoms with Gasteiger partial charge in [0.25, 0.3) is 5.91 Å². The predicted octanol–water partition coefficient (Wildman–Crippen LogP) is 2.86. The quantitative estimate of drug-likeness (QED) is 0.701. The number of aromatic nitrogens is 4. The zero-order chi connectivity index (χ0) is 19.4. The summed E-state index contributed by atoms with van der Waals surface area (Å²) in [7, 11) is 0. The van der Waals surface area contributed by atoms with Gasteiger partial charge >= 0.3 is 0 Å². The van der Waals surface area contributed by atoms with E-state index in [1.807, 2.05) is 38.1 Å². The van der Waals surface area contributed by atoms with Crippen LogP contribution in [0.25, 0.3) is 0 Å². The number of nitrogens with zero attached hydrogens (tertiary/aromatic N) is 4. The van der Waals surface area contributed by atoms with Gasteiger partial charge in [-0.1, -0.05) is 18.2 Å². The molecule has 1 unspecified atom stereocenters. The molecule has 27 heavy (non-hydrogen) atoms. The second-order valence-electron chi connectivity index (χ2n) is 6.17. The highest BCUT2D eigenvalue weighted by atomic mass is 16.2. The van der Waals surface area contributed by atoms with Crippen molar-refractivity contribution >= 4 is 23.2 Å². The van der Waals surface area contributed by atoms with Gasteiger partial charge in [0.1, 0.15) is 6.04 Å². The lowest BCUT2D eigenvalue weighted by molar-refractivity contribution is -0.119. The van der Waals surface area contributed by atoms with E-state index in [4.69, 9.17) is 0 Å². The van der Waals surface area contributed by atoms with Crippen LogP contribution in [0.2, 0.25) is 0 Å². The molecule has 0 radical (unpaired) electrons. The highest BCUT2D eigenvalue weighted by Gasteiger charge is 2.22. The van der Waals surface area contributed by atoms with Gasteiger partial charge in [-0.25, -0.2) is 0 Å². The lowest BCUT2D eigenvalue weighted by Crippen LogP contribution is -2.25. The van der Waals surface area contributed by atoms with E-state index >= 15 is 0 Å². The number of benzene rings is 1. The maximum absolute atomic E-state index is 12.6. The number of carbonyl (C=O) groups is 2. The van der Waals surface area contributed by atoms with Gasteiger partial charge < -0.3 is 10.6 Å². The summed E-state index contributed by atoms with van der Waals surface area (Å²) in [6.07, 6.45) is 3.40. The van der Waals surface area contributed by atoms with Gasteiger partial charge in [0, 0.05) is 24.6 Å². The SMILES string of the molecule is CCn1cc(NC(=O)C(C)n2ccc(C)n2)c(C(=O)Nc2ccccc2)n1. The van der Waals surface area contributed by atoms with Crippen LogP contribution in [0, 0.1) is 6.92 Å². The van der Waals surface area contributed by atoms with Crippen LogP contribution in [0.15, 0.2) is 48.8 Å². The van der Waals surface area contributed by atoms with E-state index in [1.165, 1.54) is 0 Å². The molecule has 0 aliphatic rings. The Hall–Kier alpha value is -3.42. The molecule has 0 fully saturated rings. The molecule has 0 aliphatic heterocycles. The van der Waals surface area contributed by atoms with E-state index in [1.54, 1.807) is 40.8 Å². The summed E-state index contributed by atoms with van der Waals surface area (Å²) >= 11 is 0. The number of anilines is 2. The molecule has 140 valence electrons. The summed E-state index contributed by atoms with van der Waals surface area (Å²) < 4.78 is 3.19. The second kappa shape index (κ2) is 7.86. The lowest BCUT2D eigenvalue weighted by Gasteiger charge is -2.12. The average Bonchev–Trinajstić information content (AvgIpc) is 3.28. The fourth-order valence-electron chi connectivity index (χ4n) is 2.56. The third-order valence-electron chi connectivity index (χ3n) is 4.11. The van der Waals surface area contributed by atoms with Gasteiger partial charge in [-0.15, -0.1) is 0 Å². The fraction of sp³-hybridized carbons (Fsp3) is 0.263. The van der Waals surface area contributed by atoms with Crippen molar-refractivity contribution in [3.05, 3.63) is 60.2 Å². The summed E-state index contributed by atoms with van der Waals surface area (Å²) in [5.74, 6) is -0.659. The van der Waals surface area contributed by atoms with Gasteiger partial charge in [-0.3, -0.25) is 19.0 Å². The van der Waals surface area contributed by atoms with Gasteiger partial charge in [0.2, 0.25) is 5.91 Å². The molecule has 3 aromatic rings. The first-order valence-corrected chi connectivity index (χ1v) is 8.74. The number of hydrogen-bond donors (Lipinski definition) is 2. The Morgan fingerprint density at radius 3 is 2.48 bits per heavy atom. The van der Waals surface area contributed by atoms with Gasteiger partial charge in [0.05, 0.1) is 11.4 Å². The van der Waals surface area contributed by atoms with Crippen molar-refractivity contribution in [2.75, 3.05) is 10.6 Å². The first-order valence-electron chi connectivity index (χ1n) is 8.74. The van der Waals surface area contributed by atoms with Gasteiger partial charge in [0.15, 0.2) is 5.69 Å². The molecule has 2 amide bonds. The summed E-state index contributed by atoms with van der Waals surface area (Å²) in [5.41, 5.74) is 2.02. The molecular weight excluding hydrogens is 344 g/mol. The van der Waals surface area contributed by atoms with Crippen LogP contribution < -0.4 is 10.6 Å². The molecule has 0 spiro atoms. The Kier molecular flexibility index (Phi) is 5.35. The smallest absolute Gasteiger partial charge is 0.278 e. The van der Waals surface area contributed by atoms with Crippen LogP contribution in [-0.2, 0) is 11.3 Å². The monoisotopic (exact) mass is 366 g/mol. The Morgan fingerprint density at radius 2 is 1.85 bits per heavy atom. The van der Waals surface area contributed by atoms with Crippen molar-refractivity contribution < 1.29 is 9.59 Å². The highest BCUT2D eigenvalue weighted by Crippen LogP contribution is 2.18. The molecule has 0 bridgehead atoms. The fourth-order valence-corrected chi connectivity index (χ4v) is 2.56. The van der Waals surface area contributed by atoms with E-state index in [-0.39, 0.29) is 17.5 Å². The molecule has 2 N–H and O–H groups in total. The molecule has 0 saturated carbocycles. The number of amides is 2. The average molecular weight is 366 g/mol. The zero-order valence-electron chi connectivity index (χ0n) is 15.5. The van der Waals surface area contributed by atoms with Crippen molar-refractivity contribution in [3.63, 3.8) is 0 Å². The van der Waals surface area contributed by atoms with Crippen LogP contribution >= 0.6 is 0 Å². The van der Waals surface area contributed by atoms with Crippen molar-refractivity contribution in [3.8, 4) is 0 Å². The summed E-state index contributed by atoms with van der Waals surface area (Å²) in [4.78, 5) is 25.2. The molecule has 0 aliphatic carbocycles. The molecule has 1 aromatic carbocycles. The maximum Gasteiger partial charge on any atom is 0.278 e. The normalized spacial score (nSPS) is 11.8. The minimum absolute atomic E-state index is 0.165. The largest absolute Gasteiger partial charge is 0.321 e. The molecule has 2 aromatic heterocycles. The number of carbonyl (C=O) groups excluding carboxylic acids is 2. The van der Waals surface area contributed by atoms with Crippen LogP contribution in [-0.4, -0.2) is 31.4 Å². The standard InChI is InChI=1S/C19H22N6O2/c1-4-24-12-16(21-18(26)14(3)25-11-10-13(2)22-25)17(23-24)19(27)20-15-8-6-5-7-9-15/h5-12,14H,4H2,1-3H3,(H,20,27)(H,21,26). The minimum atomic E-state index is -0.520. The Bertz CT molecular complexity index is 944. The third kappa shape index (κ3) is 4.22. The molecule has 8 heteroatoms.